The van der Waals surface area contributed by atoms with Crippen molar-refractivity contribution in [2.24, 2.45) is 10.9 Å². The van der Waals surface area contributed by atoms with Crippen LogP contribution in [0.3, 0.4) is 0 Å². The fourth-order valence-electron chi connectivity index (χ4n) is 2.64. The fraction of sp³-hybridized carbons (Fsp3) is 0.273. The minimum Gasteiger partial charge on any atom is -0.490 e. The second-order valence-electron chi connectivity index (χ2n) is 6.93. The predicted octanol–water partition coefficient (Wildman–Crippen LogP) is 6.59. The van der Waals surface area contributed by atoms with E-state index in [1.807, 2.05) is 37.3 Å². The zero-order valence-corrected chi connectivity index (χ0v) is 22.0. The van der Waals surface area contributed by atoms with Gasteiger partial charge in [-0.1, -0.05) is 13.8 Å². The molecule has 0 saturated carbocycles. The molecule has 3 rings (SSSR count). The quantitative estimate of drug-likeness (QED) is 0.193. The standard InChI is InChI=1S/C22H20Br2INO4/c1-4-28-19-9-13(7-16(24)20(19)29-11-12(2)3)8-18-22(27)30-21(26-18)14-5-6-17(25)15(23)10-14/h5-10,12H,4,11H2,1-3H3/b18-8-. The Hall–Kier alpha value is -1.39. The maximum Gasteiger partial charge on any atom is 0.363 e. The van der Waals surface area contributed by atoms with Crippen LogP contribution in [0.4, 0.5) is 0 Å². The van der Waals surface area contributed by atoms with Crippen LogP contribution in [0.5, 0.6) is 11.5 Å². The smallest absolute Gasteiger partial charge is 0.363 e. The molecule has 1 aliphatic heterocycles. The molecule has 0 unspecified atom stereocenters. The molecule has 0 saturated heterocycles. The number of esters is 1. The monoisotopic (exact) mass is 647 g/mol. The number of halogens is 3. The van der Waals surface area contributed by atoms with E-state index in [2.05, 4.69) is 73.3 Å². The number of hydrogen-bond acceptors (Lipinski definition) is 5. The number of benzene rings is 2. The van der Waals surface area contributed by atoms with E-state index in [-0.39, 0.29) is 11.6 Å². The molecule has 0 aromatic heterocycles. The Morgan fingerprint density at radius 1 is 1.17 bits per heavy atom. The van der Waals surface area contributed by atoms with Crippen LogP contribution < -0.4 is 9.47 Å². The molecule has 0 atom stereocenters. The summed E-state index contributed by atoms with van der Waals surface area (Å²) in [5.41, 5.74) is 1.71. The summed E-state index contributed by atoms with van der Waals surface area (Å²) in [7, 11) is 0. The van der Waals surface area contributed by atoms with E-state index >= 15 is 0 Å². The first-order chi connectivity index (χ1) is 14.3. The van der Waals surface area contributed by atoms with Crippen molar-refractivity contribution in [1.82, 2.24) is 0 Å². The summed E-state index contributed by atoms with van der Waals surface area (Å²) in [6, 6.07) is 9.37. The Labute approximate surface area is 206 Å². The summed E-state index contributed by atoms with van der Waals surface area (Å²) in [5, 5.41) is 0. The highest BCUT2D eigenvalue weighted by Gasteiger charge is 2.25. The highest BCUT2D eigenvalue weighted by molar-refractivity contribution is 14.1. The Bertz CT molecular complexity index is 1030. The molecule has 2 aromatic rings. The summed E-state index contributed by atoms with van der Waals surface area (Å²) in [4.78, 5) is 16.8. The van der Waals surface area contributed by atoms with Crippen LogP contribution in [0.1, 0.15) is 31.9 Å². The van der Waals surface area contributed by atoms with Gasteiger partial charge in [0, 0.05) is 13.6 Å². The number of carbonyl (C=O) groups is 1. The van der Waals surface area contributed by atoms with Crippen LogP contribution in [0.2, 0.25) is 0 Å². The lowest BCUT2D eigenvalue weighted by molar-refractivity contribution is -0.129. The topological polar surface area (TPSA) is 57.1 Å². The van der Waals surface area contributed by atoms with Crippen molar-refractivity contribution in [2.75, 3.05) is 13.2 Å². The van der Waals surface area contributed by atoms with Crippen molar-refractivity contribution in [3.05, 3.63) is 59.7 Å². The molecular weight excluding hydrogens is 629 g/mol. The Morgan fingerprint density at radius 2 is 1.93 bits per heavy atom. The second-order valence-corrected chi connectivity index (χ2v) is 9.80. The van der Waals surface area contributed by atoms with E-state index in [0.29, 0.717) is 30.6 Å². The number of aliphatic imine (C=N–C) groups is 1. The van der Waals surface area contributed by atoms with Crippen LogP contribution in [0, 0.1) is 9.49 Å². The molecule has 30 heavy (non-hydrogen) atoms. The summed E-state index contributed by atoms with van der Waals surface area (Å²) in [6.07, 6.45) is 1.68. The molecule has 1 aliphatic rings. The Balaban J connectivity index is 1.94. The van der Waals surface area contributed by atoms with E-state index in [0.717, 1.165) is 23.6 Å². The van der Waals surface area contributed by atoms with E-state index < -0.39 is 5.97 Å². The molecule has 0 N–H and O–H groups in total. The molecule has 0 bridgehead atoms. The molecule has 0 spiro atoms. The van der Waals surface area contributed by atoms with E-state index in [1.54, 1.807) is 6.08 Å². The van der Waals surface area contributed by atoms with Gasteiger partial charge >= 0.3 is 5.97 Å². The first-order valence-corrected chi connectivity index (χ1v) is 12.0. The van der Waals surface area contributed by atoms with Crippen LogP contribution >= 0.6 is 54.5 Å². The highest BCUT2D eigenvalue weighted by Crippen LogP contribution is 2.38. The van der Waals surface area contributed by atoms with Gasteiger partial charge in [0.25, 0.3) is 0 Å². The van der Waals surface area contributed by atoms with Gasteiger partial charge in [-0.2, -0.15) is 0 Å². The Morgan fingerprint density at radius 3 is 2.60 bits per heavy atom. The van der Waals surface area contributed by atoms with Gasteiger partial charge in [-0.15, -0.1) is 0 Å². The number of carbonyl (C=O) groups excluding carboxylic acids is 1. The van der Waals surface area contributed by atoms with Gasteiger partial charge in [-0.05, 0) is 109 Å². The number of nitrogens with zero attached hydrogens (tertiary/aromatic N) is 1. The third kappa shape index (κ3) is 5.64. The number of rotatable bonds is 7. The molecular formula is C22H20Br2INO4. The fourth-order valence-corrected chi connectivity index (χ4v) is 3.93. The van der Waals surface area contributed by atoms with Gasteiger partial charge < -0.3 is 14.2 Å². The first kappa shape index (κ1) is 23.3. The van der Waals surface area contributed by atoms with Crippen LogP contribution in [0.15, 0.2) is 50.0 Å². The molecule has 2 aromatic carbocycles. The van der Waals surface area contributed by atoms with Crippen molar-refractivity contribution in [2.45, 2.75) is 20.8 Å². The molecule has 8 heteroatoms. The predicted molar refractivity (Wildman–Crippen MR) is 133 cm³/mol. The van der Waals surface area contributed by atoms with Crippen LogP contribution in [-0.4, -0.2) is 25.1 Å². The SMILES string of the molecule is CCOc1cc(/C=C2\N=C(c3ccc(I)c(Br)c3)OC2=O)cc(Br)c1OCC(C)C. The van der Waals surface area contributed by atoms with Gasteiger partial charge in [0.15, 0.2) is 17.2 Å². The van der Waals surface area contributed by atoms with Gasteiger partial charge in [0.2, 0.25) is 5.90 Å². The van der Waals surface area contributed by atoms with E-state index in [4.69, 9.17) is 14.2 Å². The van der Waals surface area contributed by atoms with Gasteiger partial charge in [-0.3, -0.25) is 0 Å². The van der Waals surface area contributed by atoms with Crippen LogP contribution in [-0.2, 0) is 9.53 Å². The third-order valence-corrected chi connectivity index (χ3v) is 6.91. The maximum absolute atomic E-state index is 12.4. The average molecular weight is 649 g/mol. The lowest BCUT2D eigenvalue weighted by Gasteiger charge is -2.16. The summed E-state index contributed by atoms with van der Waals surface area (Å²) < 4.78 is 19.8. The summed E-state index contributed by atoms with van der Waals surface area (Å²) in [5.74, 6) is 1.43. The zero-order chi connectivity index (χ0) is 21.8. The summed E-state index contributed by atoms with van der Waals surface area (Å²) in [6.45, 7) is 7.15. The minimum absolute atomic E-state index is 0.227. The molecule has 0 radical (unpaired) electrons. The molecule has 1 heterocycles. The number of cyclic esters (lactones) is 1. The molecule has 158 valence electrons. The molecule has 0 aliphatic carbocycles. The zero-order valence-electron chi connectivity index (χ0n) is 16.7. The van der Waals surface area contributed by atoms with Gasteiger partial charge in [0.05, 0.1) is 17.7 Å². The lowest BCUT2D eigenvalue weighted by Crippen LogP contribution is -2.07. The van der Waals surface area contributed by atoms with Crippen molar-refractivity contribution >= 4 is 72.4 Å². The first-order valence-electron chi connectivity index (χ1n) is 9.35. The van der Waals surface area contributed by atoms with Crippen LogP contribution in [0.25, 0.3) is 6.08 Å². The number of hydrogen-bond donors (Lipinski definition) is 0. The average Bonchev–Trinajstić information content (AvgIpc) is 3.04. The second kappa shape index (κ2) is 10.3. The van der Waals surface area contributed by atoms with E-state index in [1.165, 1.54) is 0 Å². The molecule has 5 nitrogen and oxygen atoms in total. The normalized spacial score (nSPS) is 14.8. The Kier molecular flexibility index (Phi) is 7.98. The number of ether oxygens (including phenoxy) is 3. The molecule has 0 fully saturated rings. The maximum atomic E-state index is 12.4. The summed E-state index contributed by atoms with van der Waals surface area (Å²) >= 11 is 9.26. The lowest BCUT2D eigenvalue weighted by atomic mass is 10.1. The van der Waals surface area contributed by atoms with Gasteiger partial charge in [0.1, 0.15) is 0 Å². The minimum atomic E-state index is -0.492. The highest BCUT2D eigenvalue weighted by atomic mass is 127. The van der Waals surface area contributed by atoms with Crippen molar-refractivity contribution in [3.8, 4) is 11.5 Å². The van der Waals surface area contributed by atoms with Crippen molar-refractivity contribution in [1.29, 1.82) is 0 Å². The third-order valence-electron chi connectivity index (χ3n) is 3.98. The van der Waals surface area contributed by atoms with Crippen molar-refractivity contribution < 1.29 is 19.0 Å². The van der Waals surface area contributed by atoms with Gasteiger partial charge in [-0.25, -0.2) is 9.79 Å². The van der Waals surface area contributed by atoms with E-state index in [9.17, 15) is 4.79 Å². The molecule has 0 amide bonds. The largest absolute Gasteiger partial charge is 0.490 e. The van der Waals surface area contributed by atoms with Crippen molar-refractivity contribution in [3.63, 3.8) is 0 Å².